The molecule has 1 unspecified atom stereocenters. The number of ether oxygens (including phenoxy) is 1. The largest absolute Gasteiger partial charge is 0.394 e. The molecule has 118 valence electrons. The minimum Gasteiger partial charge on any atom is -0.394 e. The van der Waals surface area contributed by atoms with E-state index >= 15 is 0 Å². The molecule has 1 N–H and O–H groups in total. The van der Waals surface area contributed by atoms with Crippen LogP contribution in [0.2, 0.25) is 0 Å². The lowest BCUT2D eigenvalue weighted by atomic mass is 10.1. The molecule has 20 heavy (non-hydrogen) atoms. The van der Waals surface area contributed by atoms with Crippen LogP contribution >= 0.6 is 0 Å². The smallest absolute Gasteiger partial charge is 0.236 e. The fraction of sp³-hybridized carbons (Fsp3) is 0.933. The molecule has 0 spiro atoms. The number of nitrogens with zero attached hydrogens (tertiary/aromatic N) is 2. The molecule has 0 aromatic rings. The molecule has 1 heterocycles. The zero-order chi connectivity index (χ0) is 15.2. The van der Waals surface area contributed by atoms with Crippen molar-refractivity contribution >= 4 is 5.91 Å². The third-order valence-electron chi connectivity index (χ3n) is 3.45. The molecule has 1 aliphatic heterocycles. The van der Waals surface area contributed by atoms with Crippen molar-refractivity contribution in [1.29, 1.82) is 0 Å². The highest BCUT2D eigenvalue weighted by atomic mass is 16.5. The number of aliphatic hydroxyl groups is 1. The highest BCUT2D eigenvalue weighted by molar-refractivity contribution is 5.78. The van der Waals surface area contributed by atoms with Crippen molar-refractivity contribution in [2.45, 2.75) is 52.2 Å². The van der Waals surface area contributed by atoms with E-state index in [9.17, 15) is 9.90 Å². The first kappa shape index (κ1) is 17.4. The van der Waals surface area contributed by atoms with Crippen LogP contribution in [0, 0.1) is 0 Å². The van der Waals surface area contributed by atoms with Gasteiger partial charge < -0.3 is 14.7 Å². The summed E-state index contributed by atoms with van der Waals surface area (Å²) in [4.78, 5) is 16.4. The summed E-state index contributed by atoms with van der Waals surface area (Å²) >= 11 is 0. The molecule has 0 saturated carbocycles. The Labute approximate surface area is 122 Å². The molecule has 5 heteroatoms. The average molecular weight is 286 g/mol. The number of rotatable bonds is 7. The number of carbonyl (C=O) groups is 1. The van der Waals surface area contributed by atoms with Gasteiger partial charge in [-0.25, -0.2) is 0 Å². The van der Waals surface area contributed by atoms with E-state index in [2.05, 4.69) is 18.7 Å². The Hall–Kier alpha value is -0.650. The number of hydrogen-bond acceptors (Lipinski definition) is 4. The van der Waals surface area contributed by atoms with Gasteiger partial charge in [-0.05, 0) is 26.7 Å². The lowest BCUT2D eigenvalue weighted by Gasteiger charge is -2.42. The first-order chi connectivity index (χ1) is 9.41. The molecule has 0 aromatic carbocycles. The van der Waals surface area contributed by atoms with Gasteiger partial charge >= 0.3 is 0 Å². The quantitative estimate of drug-likeness (QED) is 0.761. The molecule has 0 radical (unpaired) electrons. The van der Waals surface area contributed by atoms with Crippen LogP contribution in [0.15, 0.2) is 0 Å². The van der Waals surface area contributed by atoms with E-state index < -0.39 is 0 Å². The average Bonchev–Trinajstić information content (AvgIpc) is 2.36. The van der Waals surface area contributed by atoms with E-state index in [1.807, 2.05) is 18.7 Å². The van der Waals surface area contributed by atoms with Gasteiger partial charge in [0.05, 0.1) is 24.9 Å². The predicted molar refractivity (Wildman–Crippen MR) is 79.6 cm³/mol. The van der Waals surface area contributed by atoms with Crippen molar-refractivity contribution in [3.63, 3.8) is 0 Å². The molecule has 1 aliphatic rings. The van der Waals surface area contributed by atoms with Crippen LogP contribution < -0.4 is 0 Å². The first-order valence-corrected chi connectivity index (χ1v) is 7.70. The molecular formula is C15H30N2O3. The third-order valence-corrected chi connectivity index (χ3v) is 3.45. The fourth-order valence-electron chi connectivity index (χ4n) is 2.82. The van der Waals surface area contributed by atoms with Gasteiger partial charge in [0.15, 0.2) is 0 Å². The van der Waals surface area contributed by atoms with Crippen LogP contribution in [0.5, 0.6) is 0 Å². The Morgan fingerprint density at radius 2 is 1.95 bits per heavy atom. The number of aliphatic hydroxyl groups excluding tert-OH is 1. The summed E-state index contributed by atoms with van der Waals surface area (Å²) in [6, 6.07) is 0. The van der Waals surface area contributed by atoms with Crippen LogP contribution in [0.25, 0.3) is 0 Å². The van der Waals surface area contributed by atoms with E-state index in [0.29, 0.717) is 13.1 Å². The molecule has 0 aromatic heterocycles. The van der Waals surface area contributed by atoms with Crippen molar-refractivity contribution in [3.05, 3.63) is 0 Å². The predicted octanol–water partition coefficient (Wildman–Crippen LogP) is 1.11. The van der Waals surface area contributed by atoms with Crippen LogP contribution in [0.4, 0.5) is 0 Å². The molecule has 1 fully saturated rings. The first-order valence-electron chi connectivity index (χ1n) is 7.70. The van der Waals surface area contributed by atoms with E-state index in [1.165, 1.54) is 0 Å². The van der Waals surface area contributed by atoms with Gasteiger partial charge in [-0.15, -0.1) is 0 Å². The molecule has 1 saturated heterocycles. The second-order valence-electron chi connectivity index (χ2n) is 6.23. The van der Waals surface area contributed by atoms with Crippen LogP contribution in [-0.2, 0) is 9.53 Å². The summed E-state index contributed by atoms with van der Waals surface area (Å²) in [5.41, 5.74) is -0.313. The van der Waals surface area contributed by atoms with Gasteiger partial charge in [-0.2, -0.15) is 0 Å². The van der Waals surface area contributed by atoms with E-state index in [0.717, 1.165) is 32.5 Å². The van der Waals surface area contributed by atoms with E-state index in [-0.39, 0.29) is 24.2 Å². The Balaban J connectivity index is 2.58. The highest BCUT2D eigenvalue weighted by Crippen LogP contribution is 2.20. The van der Waals surface area contributed by atoms with Gasteiger partial charge in [-0.1, -0.05) is 13.8 Å². The number of hydrogen-bond donors (Lipinski definition) is 1. The Morgan fingerprint density at radius 3 is 2.45 bits per heavy atom. The normalized spacial score (nSPS) is 22.8. The van der Waals surface area contributed by atoms with E-state index in [1.54, 1.807) is 0 Å². The van der Waals surface area contributed by atoms with Gasteiger partial charge in [0, 0.05) is 26.2 Å². The maximum absolute atomic E-state index is 12.4. The molecule has 0 bridgehead atoms. The van der Waals surface area contributed by atoms with Crippen molar-refractivity contribution in [3.8, 4) is 0 Å². The minimum absolute atomic E-state index is 0.00174. The molecule has 5 nitrogen and oxygen atoms in total. The zero-order valence-electron chi connectivity index (χ0n) is 13.4. The summed E-state index contributed by atoms with van der Waals surface area (Å²) in [6.07, 6.45) is 1.77. The lowest BCUT2D eigenvalue weighted by molar-refractivity contribution is -0.156. The highest BCUT2D eigenvalue weighted by Gasteiger charge is 2.34. The second-order valence-corrected chi connectivity index (χ2v) is 6.23. The summed E-state index contributed by atoms with van der Waals surface area (Å²) in [5, 5.41) is 9.31. The SMILES string of the molecule is CCCN(CCC)C(=O)CN1CC(CO)OC(C)(C)C1. The molecule has 0 aliphatic carbocycles. The van der Waals surface area contributed by atoms with Crippen molar-refractivity contribution in [1.82, 2.24) is 9.80 Å². The Morgan fingerprint density at radius 1 is 1.35 bits per heavy atom. The standard InChI is InChI=1S/C15H30N2O3/c1-5-7-17(8-6-2)14(19)10-16-9-13(11-18)20-15(3,4)12-16/h13,18H,5-12H2,1-4H3. The second kappa shape index (κ2) is 7.96. The van der Waals surface area contributed by atoms with Crippen molar-refractivity contribution in [2.75, 3.05) is 39.3 Å². The van der Waals surface area contributed by atoms with Crippen LogP contribution in [0.3, 0.4) is 0 Å². The van der Waals surface area contributed by atoms with Gasteiger partial charge in [-0.3, -0.25) is 9.69 Å². The Bertz CT molecular complexity index is 301. The number of carbonyl (C=O) groups excluding carboxylic acids is 1. The van der Waals surface area contributed by atoms with Gasteiger partial charge in [0.25, 0.3) is 0 Å². The minimum atomic E-state index is -0.313. The molecule has 1 rings (SSSR count). The number of morpholine rings is 1. The van der Waals surface area contributed by atoms with Crippen molar-refractivity contribution < 1.29 is 14.6 Å². The van der Waals surface area contributed by atoms with Crippen LogP contribution in [-0.4, -0.2) is 71.8 Å². The maximum atomic E-state index is 12.4. The van der Waals surface area contributed by atoms with Gasteiger partial charge in [0.2, 0.25) is 5.91 Å². The summed E-state index contributed by atoms with van der Waals surface area (Å²) in [5.74, 6) is 0.183. The van der Waals surface area contributed by atoms with Crippen LogP contribution in [0.1, 0.15) is 40.5 Å². The summed E-state index contributed by atoms with van der Waals surface area (Å²) in [6.45, 7) is 11.6. The fourth-order valence-corrected chi connectivity index (χ4v) is 2.82. The number of amides is 1. The maximum Gasteiger partial charge on any atom is 0.236 e. The lowest BCUT2D eigenvalue weighted by Crippen LogP contribution is -2.56. The topological polar surface area (TPSA) is 53.0 Å². The Kier molecular flexibility index (Phi) is 6.92. The third kappa shape index (κ3) is 5.38. The molecule has 1 amide bonds. The van der Waals surface area contributed by atoms with Gasteiger partial charge in [0.1, 0.15) is 0 Å². The van der Waals surface area contributed by atoms with E-state index in [4.69, 9.17) is 4.74 Å². The molecule has 1 atom stereocenters. The van der Waals surface area contributed by atoms with Crippen molar-refractivity contribution in [2.24, 2.45) is 0 Å². The summed E-state index contributed by atoms with van der Waals surface area (Å²) < 4.78 is 5.77. The summed E-state index contributed by atoms with van der Waals surface area (Å²) in [7, 11) is 0. The zero-order valence-corrected chi connectivity index (χ0v) is 13.4. The monoisotopic (exact) mass is 286 g/mol. The molecular weight excluding hydrogens is 256 g/mol.